The molecule has 0 aliphatic carbocycles. The number of anilines is 1. The van der Waals surface area contributed by atoms with E-state index in [0.717, 1.165) is 5.69 Å². The topological polar surface area (TPSA) is 90.5 Å². The van der Waals surface area contributed by atoms with Crippen LogP contribution in [-0.4, -0.2) is 35.7 Å². The molecule has 3 heterocycles. The smallest absolute Gasteiger partial charge is 0.278 e. The maximum Gasteiger partial charge on any atom is 0.278 e. The Morgan fingerprint density at radius 1 is 1.00 bits per heavy atom. The van der Waals surface area contributed by atoms with E-state index in [2.05, 4.69) is 25.6 Å². The minimum absolute atomic E-state index is 0.254. The summed E-state index contributed by atoms with van der Waals surface area (Å²) in [7, 11) is 0. The quantitative estimate of drug-likeness (QED) is 0.613. The summed E-state index contributed by atoms with van der Waals surface area (Å²) in [6, 6.07) is 14.7. The van der Waals surface area contributed by atoms with Crippen molar-refractivity contribution in [2.45, 2.75) is 6.92 Å². The number of carbonyl (C=O) groups excluding carboxylic acids is 1. The fourth-order valence-electron chi connectivity index (χ4n) is 2.52. The van der Waals surface area contributed by atoms with Gasteiger partial charge < -0.3 is 5.32 Å². The third-order valence-corrected chi connectivity index (χ3v) is 3.74. The molecule has 0 fully saturated rings. The molecule has 26 heavy (non-hydrogen) atoms. The third-order valence-electron chi connectivity index (χ3n) is 3.74. The number of nitrogens with one attached hydrogen (secondary N) is 1. The average molecular weight is 345 g/mol. The normalized spacial score (nSPS) is 10.7. The van der Waals surface area contributed by atoms with Crippen LogP contribution in [0.15, 0.2) is 67.1 Å². The number of rotatable bonds is 4. The minimum atomic E-state index is -0.355. The highest BCUT2D eigenvalue weighted by atomic mass is 16.2. The van der Waals surface area contributed by atoms with E-state index < -0.39 is 0 Å². The van der Waals surface area contributed by atoms with Gasteiger partial charge >= 0.3 is 0 Å². The number of nitrogens with zero attached hydrogens (tertiary/aromatic N) is 6. The fourth-order valence-corrected chi connectivity index (χ4v) is 2.52. The number of para-hydroxylation sites is 1. The second-order valence-electron chi connectivity index (χ2n) is 5.54. The van der Waals surface area contributed by atoms with Crippen LogP contribution in [0.4, 0.5) is 5.69 Å². The van der Waals surface area contributed by atoms with E-state index in [-0.39, 0.29) is 11.6 Å². The van der Waals surface area contributed by atoms with Gasteiger partial charge in [-0.25, -0.2) is 9.67 Å². The summed E-state index contributed by atoms with van der Waals surface area (Å²) >= 11 is 0. The predicted octanol–water partition coefficient (Wildman–Crippen LogP) is 2.41. The molecule has 0 aliphatic heterocycles. The Bertz CT molecular complexity index is 1040. The number of carbonyl (C=O) groups is 1. The van der Waals surface area contributed by atoms with Crippen molar-refractivity contribution in [3.63, 3.8) is 0 Å². The summed E-state index contributed by atoms with van der Waals surface area (Å²) in [5.41, 5.74) is 2.11. The molecule has 1 amide bonds. The first-order chi connectivity index (χ1) is 12.7. The van der Waals surface area contributed by atoms with Crippen LogP contribution in [0.2, 0.25) is 0 Å². The van der Waals surface area contributed by atoms with Gasteiger partial charge in [0, 0.05) is 18.6 Å². The summed E-state index contributed by atoms with van der Waals surface area (Å²) in [4.78, 5) is 18.5. The molecule has 0 atom stereocenters. The van der Waals surface area contributed by atoms with Crippen molar-refractivity contribution in [1.29, 1.82) is 0 Å². The molecule has 0 saturated heterocycles. The molecule has 0 radical (unpaired) electrons. The van der Waals surface area contributed by atoms with Crippen LogP contribution < -0.4 is 5.32 Å². The SMILES string of the molecule is Cc1nn(-c2ccccc2)nc1C(=O)Nc1cccnc1-n1cccn1. The predicted molar refractivity (Wildman–Crippen MR) is 95.4 cm³/mol. The van der Waals surface area contributed by atoms with Gasteiger partial charge in [0.15, 0.2) is 11.5 Å². The number of aromatic nitrogens is 6. The zero-order valence-corrected chi connectivity index (χ0v) is 13.9. The van der Waals surface area contributed by atoms with E-state index in [9.17, 15) is 4.79 Å². The molecule has 0 spiro atoms. The lowest BCUT2D eigenvalue weighted by Gasteiger charge is -2.09. The summed E-state index contributed by atoms with van der Waals surface area (Å²) in [5, 5.41) is 15.6. The van der Waals surface area contributed by atoms with Gasteiger partial charge in [-0.1, -0.05) is 18.2 Å². The van der Waals surface area contributed by atoms with Crippen molar-refractivity contribution >= 4 is 11.6 Å². The Morgan fingerprint density at radius 3 is 2.62 bits per heavy atom. The Kier molecular flexibility index (Phi) is 3.98. The lowest BCUT2D eigenvalue weighted by Crippen LogP contribution is -2.16. The van der Waals surface area contributed by atoms with Gasteiger partial charge in [0.2, 0.25) is 0 Å². The highest BCUT2D eigenvalue weighted by molar-refractivity contribution is 6.04. The minimum Gasteiger partial charge on any atom is -0.317 e. The van der Waals surface area contributed by atoms with Crippen LogP contribution in [0.1, 0.15) is 16.2 Å². The van der Waals surface area contributed by atoms with E-state index in [4.69, 9.17) is 0 Å². The summed E-state index contributed by atoms with van der Waals surface area (Å²) in [6.07, 6.45) is 5.05. The Balaban J connectivity index is 1.63. The first-order valence-electron chi connectivity index (χ1n) is 7.98. The summed E-state index contributed by atoms with van der Waals surface area (Å²) in [6.45, 7) is 1.75. The molecule has 1 N–H and O–H groups in total. The molecule has 0 saturated carbocycles. The first kappa shape index (κ1) is 15.7. The number of pyridine rings is 1. The first-order valence-corrected chi connectivity index (χ1v) is 7.98. The van der Waals surface area contributed by atoms with Crippen LogP contribution in [0, 0.1) is 6.92 Å². The van der Waals surface area contributed by atoms with Gasteiger partial charge in [-0.15, -0.1) is 5.10 Å². The van der Waals surface area contributed by atoms with Gasteiger partial charge in [0.1, 0.15) is 0 Å². The van der Waals surface area contributed by atoms with Crippen molar-refractivity contribution in [1.82, 2.24) is 29.8 Å². The van der Waals surface area contributed by atoms with Gasteiger partial charge in [-0.05, 0) is 37.3 Å². The number of hydrogen-bond donors (Lipinski definition) is 1. The Labute approximate surface area is 149 Å². The maximum atomic E-state index is 12.7. The van der Waals surface area contributed by atoms with E-state index in [1.165, 1.54) is 4.80 Å². The zero-order valence-electron chi connectivity index (χ0n) is 13.9. The Morgan fingerprint density at radius 2 is 1.85 bits per heavy atom. The summed E-state index contributed by atoms with van der Waals surface area (Å²) in [5.74, 6) is 0.171. The fraction of sp³-hybridized carbons (Fsp3) is 0.0556. The van der Waals surface area contributed by atoms with Crippen molar-refractivity contribution in [2.24, 2.45) is 0 Å². The van der Waals surface area contributed by atoms with Crippen LogP contribution in [0.5, 0.6) is 0 Å². The average Bonchev–Trinajstić information content (AvgIpc) is 3.33. The second-order valence-corrected chi connectivity index (χ2v) is 5.54. The van der Waals surface area contributed by atoms with E-state index >= 15 is 0 Å². The third kappa shape index (κ3) is 2.95. The van der Waals surface area contributed by atoms with Crippen molar-refractivity contribution in [3.05, 3.63) is 78.5 Å². The molecule has 4 rings (SSSR count). The molecule has 8 heteroatoms. The molecular weight excluding hydrogens is 330 g/mol. The van der Waals surface area contributed by atoms with Gasteiger partial charge in [0.25, 0.3) is 5.91 Å². The molecule has 0 aliphatic rings. The molecule has 0 unspecified atom stereocenters. The lowest BCUT2D eigenvalue weighted by atomic mass is 10.3. The lowest BCUT2D eigenvalue weighted by molar-refractivity contribution is 0.102. The molecule has 1 aromatic carbocycles. The molecule has 4 aromatic rings. The van der Waals surface area contributed by atoms with E-state index in [1.807, 2.05) is 30.3 Å². The highest BCUT2D eigenvalue weighted by Gasteiger charge is 2.18. The molecular formula is C18H15N7O. The number of aryl methyl sites for hydroxylation is 1. The monoisotopic (exact) mass is 345 g/mol. The van der Waals surface area contributed by atoms with Crippen molar-refractivity contribution in [3.8, 4) is 11.5 Å². The molecule has 0 bridgehead atoms. The maximum absolute atomic E-state index is 12.7. The van der Waals surface area contributed by atoms with Crippen molar-refractivity contribution < 1.29 is 4.79 Å². The highest BCUT2D eigenvalue weighted by Crippen LogP contribution is 2.18. The number of benzene rings is 1. The molecule has 8 nitrogen and oxygen atoms in total. The van der Waals surface area contributed by atoms with Crippen LogP contribution in [0.3, 0.4) is 0 Å². The zero-order chi connectivity index (χ0) is 17.9. The number of hydrogen-bond acceptors (Lipinski definition) is 5. The van der Waals surface area contributed by atoms with Crippen LogP contribution >= 0.6 is 0 Å². The standard InChI is InChI=1S/C18H15N7O/c1-13-16(23-25(22-13)14-7-3-2-4-8-14)18(26)21-15-9-5-10-19-17(15)24-12-6-11-20-24/h2-12H,1H3,(H,21,26). The van der Waals surface area contributed by atoms with Crippen LogP contribution in [-0.2, 0) is 0 Å². The second kappa shape index (κ2) is 6.60. The van der Waals surface area contributed by atoms with E-state index in [1.54, 1.807) is 48.4 Å². The molecule has 3 aromatic heterocycles. The summed E-state index contributed by atoms with van der Waals surface area (Å²) < 4.78 is 1.59. The van der Waals surface area contributed by atoms with Crippen LogP contribution in [0.25, 0.3) is 11.5 Å². The van der Waals surface area contributed by atoms with Crippen molar-refractivity contribution in [2.75, 3.05) is 5.32 Å². The Hall–Kier alpha value is -3.81. The van der Waals surface area contributed by atoms with Gasteiger partial charge in [0.05, 0.1) is 17.1 Å². The molecule has 128 valence electrons. The van der Waals surface area contributed by atoms with E-state index in [0.29, 0.717) is 17.2 Å². The largest absolute Gasteiger partial charge is 0.317 e. The number of amides is 1. The van der Waals surface area contributed by atoms with Gasteiger partial charge in [-0.2, -0.15) is 15.0 Å². The van der Waals surface area contributed by atoms with Gasteiger partial charge in [-0.3, -0.25) is 4.79 Å².